The van der Waals surface area contributed by atoms with E-state index in [9.17, 15) is 0 Å². The van der Waals surface area contributed by atoms with Crippen LogP contribution in [0, 0.1) is 23.7 Å². The first-order valence-electron chi connectivity index (χ1n) is 41.4. The molecule has 1 aliphatic rings. The van der Waals surface area contributed by atoms with Gasteiger partial charge in [-0.15, -0.1) is 0 Å². The van der Waals surface area contributed by atoms with E-state index in [-0.39, 0.29) is 0 Å². The van der Waals surface area contributed by atoms with Gasteiger partial charge < -0.3 is 0 Å². The molecule has 0 nitrogen and oxygen atoms in total. The van der Waals surface area contributed by atoms with E-state index < -0.39 is 0 Å². The van der Waals surface area contributed by atoms with Crippen LogP contribution in [0.1, 0.15) is 498 Å². The molecule has 0 aliphatic heterocycles. The molecule has 0 aromatic carbocycles. The number of hydrogen-bond acceptors (Lipinski definition) is 0. The van der Waals surface area contributed by atoms with E-state index in [1.165, 1.54) is 443 Å². The van der Waals surface area contributed by atoms with Crippen LogP contribution in [0.5, 0.6) is 0 Å². The Morgan fingerprint density at radius 2 is 0.294 bits per heavy atom. The Balaban J connectivity index is 4.03. The molecule has 0 saturated heterocycles. The fourth-order valence-corrected chi connectivity index (χ4v) is 15.6. The van der Waals surface area contributed by atoms with Crippen LogP contribution < -0.4 is 0 Å². The van der Waals surface area contributed by atoms with Gasteiger partial charge in [-0.05, 0) is 66.9 Å². The van der Waals surface area contributed by atoms with Crippen LogP contribution >= 0.6 is 0 Å². The minimum absolute atomic E-state index is 0.885. The molecule has 0 N–H and O–H groups in total. The highest BCUT2D eigenvalue weighted by molar-refractivity contribution is 5.48. The zero-order chi connectivity index (χ0) is 61.4. The molecule has 0 aromatic rings. The van der Waals surface area contributed by atoms with E-state index in [1.54, 1.807) is 0 Å². The summed E-state index contributed by atoms with van der Waals surface area (Å²) in [6.45, 7) is 19.1. The van der Waals surface area contributed by atoms with Crippen molar-refractivity contribution in [2.24, 2.45) is 23.7 Å². The molecular weight excluding hydrogens is 1020 g/mol. The van der Waals surface area contributed by atoms with E-state index in [0.29, 0.717) is 0 Å². The van der Waals surface area contributed by atoms with Gasteiger partial charge in [-0.2, -0.15) is 0 Å². The molecule has 4 atom stereocenters. The third kappa shape index (κ3) is 51.8. The number of hydrogen-bond donors (Lipinski definition) is 0. The molecule has 0 spiro atoms. The second kappa shape index (κ2) is 66.4. The Morgan fingerprint density at radius 3 is 0.447 bits per heavy atom. The molecule has 0 fully saturated rings. The predicted octanol–water partition coefficient (Wildman–Crippen LogP) is 32.1. The Morgan fingerprint density at radius 1 is 0.165 bits per heavy atom. The molecule has 4 unspecified atom stereocenters. The lowest BCUT2D eigenvalue weighted by atomic mass is 9.79. The maximum absolute atomic E-state index is 2.40. The largest absolute Gasteiger partial charge is 0.0654 e. The Kier molecular flexibility index (Phi) is 64.4. The quantitative estimate of drug-likeness (QED) is 0.0533. The van der Waals surface area contributed by atoms with Crippen LogP contribution in [-0.4, -0.2) is 0 Å². The van der Waals surface area contributed by atoms with Gasteiger partial charge in [-0.25, -0.2) is 0 Å². The molecular formula is C85H166. The lowest BCUT2D eigenvalue weighted by Crippen LogP contribution is -2.10. The van der Waals surface area contributed by atoms with Crippen molar-refractivity contribution in [1.29, 1.82) is 0 Å². The third-order valence-corrected chi connectivity index (χ3v) is 21.4. The lowest BCUT2D eigenvalue weighted by Gasteiger charge is -2.26. The Labute approximate surface area is 541 Å². The first-order chi connectivity index (χ1) is 42.0. The van der Waals surface area contributed by atoms with Crippen molar-refractivity contribution in [2.45, 2.75) is 498 Å². The summed E-state index contributed by atoms with van der Waals surface area (Å²) in [5, 5.41) is 0. The highest BCUT2D eigenvalue weighted by atomic mass is 14.4. The standard InChI is InChI=1S/C85H166/c1-9-17-25-33-41-45-53-59-67-78(65-57-49-37-29-21-13-5)73-82-77-83(74-79(66-58-50-38-30-22-14-6)68-60-54-46-42-34-26-18-10-2)85(76-81(70-62-52-40-32-24-16-8)72-64-56-48-44-36-28-20-12-4)84(82)75-80(69-61-51-39-31-23-15-7)71-63-55-47-43-35-27-19-11-3/h78-81H,9-77H2,1-8H3. The van der Waals surface area contributed by atoms with Gasteiger partial charge in [-0.3, -0.25) is 0 Å². The van der Waals surface area contributed by atoms with E-state index >= 15 is 0 Å². The fourth-order valence-electron chi connectivity index (χ4n) is 15.6. The molecule has 0 amide bonds. The first kappa shape index (κ1) is 82.5. The van der Waals surface area contributed by atoms with E-state index in [4.69, 9.17) is 0 Å². The molecule has 1 rings (SSSR count). The maximum Gasteiger partial charge on any atom is -0.00964 e. The zero-order valence-corrected chi connectivity index (χ0v) is 61.1. The SMILES string of the molecule is CCCCCCCCCCC(CCCCCCCC)CC1=C(CC(CCCCCCCC)CCCCCCCCCC)C(CC(CCCCCCCC)CCCCCCCCCC)=C(CC(CCCCCCCC)CCCCCCCCCC)C1. The topological polar surface area (TPSA) is 0 Å². The van der Waals surface area contributed by atoms with Crippen LogP contribution in [0.3, 0.4) is 0 Å². The van der Waals surface area contributed by atoms with Crippen molar-refractivity contribution >= 4 is 0 Å². The Bertz CT molecular complexity index is 1260. The van der Waals surface area contributed by atoms with Gasteiger partial charge in [0.05, 0.1) is 0 Å². The summed E-state index contributed by atoms with van der Waals surface area (Å²) in [5.74, 6) is 3.57. The van der Waals surface area contributed by atoms with Gasteiger partial charge in [-0.1, -0.05) is 477 Å². The smallest absolute Gasteiger partial charge is 0.00964 e. The summed E-state index contributed by atoms with van der Waals surface area (Å²) < 4.78 is 0. The van der Waals surface area contributed by atoms with Gasteiger partial charge >= 0.3 is 0 Å². The Hall–Kier alpha value is -0.520. The molecule has 0 aromatic heterocycles. The van der Waals surface area contributed by atoms with Crippen molar-refractivity contribution in [3.8, 4) is 0 Å². The number of rotatable bonds is 72. The van der Waals surface area contributed by atoms with Crippen LogP contribution in [0.15, 0.2) is 22.3 Å². The van der Waals surface area contributed by atoms with Gasteiger partial charge in [0.15, 0.2) is 0 Å². The average molecular weight is 1190 g/mol. The minimum atomic E-state index is 0.885. The third-order valence-electron chi connectivity index (χ3n) is 21.4. The molecule has 506 valence electrons. The summed E-state index contributed by atoms with van der Waals surface area (Å²) in [4.78, 5) is 0. The summed E-state index contributed by atoms with van der Waals surface area (Å²) in [5.41, 5.74) is 8.17. The van der Waals surface area contributed by atoms with Crippen LogP contribution in [0.25, 0.3) is 0 Å². The normalized spacial score (nSPS) is 14.4. The highest BCUT2D eigenvalue weighted by Gasteiger charge is 2.31. The number of allylic oxidation sites excluding steroid dienone is 4. The van der Waals surface area contributed by atoms with Gasteiger partial charge in [0, 0.05) is 0 Å². The highest BCUT2D eigenvalue weighted by Crippen LogP contribution is 2.48. The molecule has 0 bridgehead atoms. The van der Waals surface area contributed by atoms with Gasteiger partial charge in [0.25, 0.3) is 0 Å². The lowest BCUT2D eigenvalue weighted by molar-refractivity contribution is 0.382. The minimum Gasteiger partial charge on any atom is -0.0654 e. The molecule has 0 radical (unpaired) electrons. The molecule has 85 heavy (non-hydrogen) atoms. The first-order valence-corrected chi connectivity index (χ1v) is 41.4. The maximum atomic E-state index is 2.40. The summed E-state index contributed by atoms with van der Waals surface area (Å²) >= 11 is 0. The van der Waals surface area contributed by atoms with Crippen LogP contribution in [0.4, 0.5) is 0 Å². The molecule has 1 aliphatic carbocycles. The average Bonchev–Trinajstić information content (AvgIpc) is 2.61. The summed E-state index contributed by atoms with van der Waals surface area (Å²) in [7, 11) is 0. The van der Waals surface area contributed by atoms with Crippen molar-refractivity contribution in [1.82, 2.24) is 0 Å². The molecule has 0 saturated carbocycles. The summed E-state index contributed by atoms with van der Waals surface area (Å²) in [6.07, 6.45) is 101. The zero-order valence-electron chi connectivity index (χ0n) is 61.1. The van der Waals surface area contributed by atoms with Gasteiger partial charge in [0.1, 0.15) is 0 Å². The van der Waals surface area contributed by atoms with Crippen molar-refractivity contribution < 1.29 is 0 Å². The van der Waals surface area contributed by atoms with E-state index in [1.807, 2.05) is 22.3 Å². The molecule has 0 heterocycles. The number of unbranched alkanes of at least 4 members (excludes halogenated alkanes) is 48. The monoisotopic (exact) mass is 1190 g/mol. The van der Waals surface area contributed by atoms with E-state index in [2.05, 4.69) is 55.4 Å². The fraction of sp³-hybridized carbons (Fsp3) is 0.953. The van der Waals surface area contributed by atoms with Crippen molar-refractivity contribution in [3.05, 3.63) is 22.3 Å². The van der Waals surface area contributed by atoms with Gasteiger partial charge in [0.2, 0.25) is 0 Å². The van der Waals surface area contributed by atoms with Crippen LogP contribution in [-0.2, 0) is 0 Å². The van der Waals surface area contributed by atoms with Crippen molar-refractivity contribution in [3.63, 3.8) is 0 Å². The van der Waals surface area contributed by atoms with Crippen LogP contribution in [0.2, 0.25) is 0 Å². The van der Waals surface area contributed by atoms with E-state index in [0.717, 1.165) is 23.7 Å². The predicted molar refractivity (Wildman–Crippen MR) is 392 cm³/mol. The second-order valence-corrected chi connectivity index (χ2v) is 29.9. The van der Waals surface area contributed by atoms with Crippen molar-refractivity contribution in [2.75, 3.05) is 0 Å². The molecule has 0 heteroatoms. The second-order valence-electron chi connectivity index (χ2n) is 29.9. The summed E-state index contributed by atoms with van der Waals surface area (Å²) in [6, 6.07) is 0.